The van der Waals surface area contributed by atoms with Crippen LogP contribution in [-0.4, -0.2) is 18.9 Å². The minimum Gasteiger partial charge on any atom is -0.366 e. The van der Waals surface area contributed by atoms with Crippen LogP contribution in [0.5, 0.6) is 0 Å². The number of carbonyl (C=O) groups is 2. The zero-order valence-electron chi connectivity index (χ0n) is 10.3. The average Bonchev–Trinajstić information content (AvgIpc) is 2.86. The molecule has 0 atom stereocenters. The van der Waals surface area contributed by atoms with E-state index in [1.807, 2.05) is 11.4 Å². The van der Waals surface area contributed by atoms with Gasteiger partial charge < -0.3 is 16.4 Å². The molecular formula is C13H13N3O2S. The van der Waals surface area contributed by atoms with E-state index in [0.717, 1.165) is 11.4 Å². The number of anilines is 2. The summed E-state index contributed by atoms with van der Waals surface area (Å²) in [6, 6.07) is 8.58. The topological polar surface area (TPSA) is 84.2 Å². The van der Waals surface area contributed by atoms with Gasteiger partial charge in [-0.05, 0) is 35.7 Å². The van der Waals surface area contributed by atoms with Gasteiger partial charge in [0.05, 0.1) is 5.69 Å². The molecule has 0 unspecified atom stereocenters. The van der Waals surface area contributed by atoms with E-state index in [4.69, 9.17) is 5.73 Å². The molecule has 2 rings (SSSR count). The number of thiophene rings is 1. The van der Waals surface area contributed by atoms with E-state index in [0.29, 0.717) is 10.4 Å². The fraction of sp³-hybridized carbons (Fsp3) is 0.0769. The predicted octanol–water partition coefficient (Wildman–Crippen LogP) is 1.95. The summed E-state index contributed by atoms with van der Waals surface area (Å²) in [5.41, 5.74) is 7.14. The van der Waals surface area contributed by atoms with Gasteiger partial charge in [0.25, 0.3) is 5.91 Å². The summed E-state index contributed by atoms with van der Waals surface area (Å²) in [7, 11) is 1.59. The Bertz CT molecular complexity index is 605. The number of benzene rings is 1. The predicted molar refractivity (Wildman–Crippen MR) is 76.0 cm³/mol. The van der Waals surface area contributed by atoms with Crippen molar-refractivity contribution in [2.24, 2.45) is 5.73 Å². The van der Waals surface area contributed by atoms with Crippen LogP contribution >= 0.6 is 11.3 Å². The average molecular weight is 275 g/mol. The molecule has 1 aromatic heterocycles. The van der Waals surface area contributed by atoms with Crippen molar-refractivity contribution in [1.29, 1.82) is 0 Å². The molecule has 0 aliphatic rings. The van der Waals surface area contributed by atoms with E-state index >= 15 is 0 Å². The standard InChI is InChI=1S/C13H13N3O2S/c1-15-13(18)11-10(6-7-19-11)16-9-4-2-8(3-5-9)12(14)17/h2-7,16H,1H3,(H2,14,17)(H,15,18). The van der Waals surface area contributed by atoms with E-state index in [2.05, 4.69) is 10.6 Å². The normalized spacial score (nSPS) is 9.95. The van der Waals surface area contributed by atoms with Gasteiger partial charge in [-0.15, -0.1) is 11.3 Å². The summed E-state index contributed by atoms with van der Waals surface area (Å²) in [6.45, 7) is 0. The summed E-state index contributed by atoms with van der Waals surface area (Å²) in [4.78, 5) is 23.2. The Kier molecular flexibility index (Phi) is 3.82. The van der Waals surface area contributed by atoms with E-state index in [9.17, 15) is 9.59 Å². The van der Waals surface area contributed by atoms with Crippen molar-refractivity contribution >= 4 is 34.5 Å². The molecule has 0 saturated heterocycles. The molecular weight excluding hydrogens is 262 g/mol. The Morgan fingerprint density at radius 2 is 1.84 bits per heavy atom. The number of hydrogen-bond acceptors (Lipinski definition) is 4. The summed E-state index contributed by atoms with van der Waals surface area (Å²) in [5.74, 6) is -0.598. The summed E-state index contributed by atoms with van der Waals surface area (Å²) >= 11 is 1.36. The summed E-state index contributed by atoms with van der Waals surface area (Å²) < 4.78 is 0. The molecule has 1 aromatic carbocycles. The first-order valence-electron chi connectivity index (χ1n) is 5.58. The van der Waals surface area contributed by atoms with Crippen LogP contribution in [0, 0.1) is 0 Å². The van der Waals surface area contributed by atoms with Crippen molar-refractivity contribution in [2.45, 2.75) is 0 Å². The third-order valence-corrected chi connectivity index (χ3v) is 3.46. The fourth-order valence-electron chi connectivity index (χ4n) is 1.57. The maximum atomic E-state index is 11.6. The molecule has 0 saturated carbocycles. The zero-order chi connectivity index (χ0) is 13.8. The molecule has 0 bridgehead atoms. The molecule has 0 fully saturated rings. The van der Waals surface area contributed by atoms with Gasteiger partial charge in [-0.25, -0.2) is 0 Å². The molecule has 0 spiro atoms. The number of hydrogen-bond donors (Lipinski definition) is 3. The van der Waals surface area contributed by atoms with Gasteiger partial charge in [-0.2, -0.15) is 0 Å². The van der Waals surface area contributed by atoms with Crippen molar-refractivity contribution in [3.8, 4) is 0 Å². The SMILES string of the molecule is CNC(=O)c1sccc1Nc1ccc(C(N)=O)cc1. The molecule has 1 heterocycles. The Hall–Kier alpha value is -2.34. The third kappa shape index (κ3) is 2.92. The molecule has 0 radical (unpaired) electrons. The highest BCUT2D eigenvalue weighted by molar-refractivity contribution is 7.12. The fourth-order valence-corrected chi connectivity index (χ4v) is 2.37. The van der Waals surface area contributed by atoms with E-state index in [1.54, 1.807) is 31.3 Å². The van der Waals surface area contributed by atoms with Crippen molar-refractivity contribution in [3.63, 3.8) is 0 Å². The first kappa shape index (κ1) is 13.1. The van der Waals surface area contributed by atoms with Crippen molar-refractivity contribution in [2.75, 3.05) is 12.4 Å². The highest BCUT2D eigenvalue weighted by atomic mass is 32.1. The number of nitrogens with one attached hydrogen (secondary N) is 2. The zero-order valence-corrected chi connectivity index (χ0v) is 11.1. The first-order valence-corrected chi connectivity index (χ1v) is 6.46. The smallest absolute Gasteiger partial charge is 0.263 e. The van der Waals surface area contributed by atoms with Crippen LogP contribution in [0.2, 0.25) is 0 Å². The Labute approximate surface area is 114 Å². The molecule has 4 N–H and O–H groups in total. The molecule has 2 amide bonds. The largest absolute Gasteiger partial charge is 0.366 e. The highest BCUT2D eigenvalue weighted by Crippen LogP contribution is 2.25. The lowest BCUT2D eigenvalue weighted by atomic mass is 10.2. The number of rotatable bonds is 4. The number of nitrogens with two attached hydrogens (primary N) is 1. The Balaban J connectivity index is 2.19. The van der Waals surface area contributed by atoms with E-state index in [1.165, 1.54) is 11.3 Å². The Morgan fingerprint density at radius 3 is 2.42 bits per heavy atom. The summed E-state index contributed by atoms with van der Waals surface area (Å²) in [6.07, 6.45) is 0. The lowest BCUT2D eigenvalue weighted by molar-refractivity contribution is 0.0966. The second kappa shape index (κ2) is 5.53. The van der Waals surface area contributed by atoms with Crippen LogP contribution in [0.3, 0.4) is 0 Å². The van der Waals surface area contributed by atoms with Crippen molar-refractivity contribution < 1.29 is 9.59 Å². The number of primary amides is 1. The lowest BCUT2D eigenvalue weighted by Gasteiger charge is -2.07. The maximum Gasteiger partial charge on any atom is 0.263 e. The second-order valence-corrected chi connectivity index (χ2v) is 4.73. The van der Waals surface area contributed by atoms with Crippen LogP contribution in [-0.2, 0) is 0 Å². The molecule has 0 aliphatic heterocycles. The van der Waals surface area contributed by atoms with E-state index in [-0.39, 0.29) is 5.91 Å². The van der Waals surface area contributed by atoms with Crippen LogP contribution in [0.25, 0.3) is 0 Å². The number of amides is 2. The monoisotopic (exact) mass is 275 g/mol. The molecule has 0 aliphatic carbocycles. The van der Waals surface area contributed by atoms with Gasteiger partial charge in [0.15, 0.2) is 0 Å². The van der Waals surface area contributed by atoms with Crippen molar-refractivity contribution in [3.05, 3.63) is 46.2 Å². The van der Waals surface area contributed by atoms with Crippen LogP contribution in [0.15, 0.2) is 35.7 Å². The maximum absolute atomic E-state index is 11.6. The highest BCUT2D eigenvalue weighted by Gasteiger charge is 2.11. The minimum atomic E-state index is -0.465. The quantitative estimate of drug-likeness (QED) is 0.797. The lowest BCUT2D eigenvalue weighted by Crippen LogP contribution is -2.17. The molecule has 2 aromatic rings. The van der Waals surface area contributed by atoms with Crippen LogP contribution in [0.1, 0.15) is 20.0 Å². The Morgan fingerprint density at radius 1 is 1.16 bits per heavy atom. The molecule has 5 nitrogen and oxygen atoms in total. The summed E-state index contributed by atoms with van der Waals surface area (Å²) in [5, 5.41) is 7.56. The third-order valence-electron chi connectivity index (χ3n) is 2.55. The van der Waals surface area contributed by atoms with Gasteiger partial charge in [-0.1, -0.05) is 0 Å². The molecule has 19 heavy (non-hydrogen) atoms. The van der Waals surface area contributed by atoms with E-state index < -0.39 is 5.91 Å². The number of carbonyl (C=O) groups excluding carboxylic acids is 2. The molecule has 6 heteroatoms. The van der Waals surface area contributed by atoms with Gasteiger partial charge in [0.1, 0.15) is 4.88 Å². The van der Waals surface area contributed by atoms with Gasteiger partial charge in [0.2, 0.25) is 5.91 Å². The van der Waals surface area contributed by atoms with Crippen LogP contribution < -0.4 is 16.4 Å². The molecule has 98 valence electrons. The van der Waals surface area contributed by atoms with Gasteiger partial charge in [0, 0.05) is 18.3 Å². The van der Waals surface area contributed by atoms with Crippen LogP contribution in [0.4, 0.5) is 11.4 Å². The van der Waals surface area contributed by atoms with Crippen molar-refractivity contribution in [1.82, 2.24) is 5.32 Å². The minimum absolute atomic E-state index is 0.133. The first-order chi connectivity index (χ1) is 9.11. The van der Waals surface area contributed by atoms with Gasteiger partial charge in [-0.3, -0.25) is 9.59 Å². The second-order valence-electron chi connectivity index (χ2n) is 3.81. The van der Waals surface area contributed by atoms with Gasteiger partial charge >= 0.3 is 0 Å².